The first-order valence-corrected chi connectivity index (χ1v) is 4.15. The van der Waals surface area contributed by atoms with E-state index in [1.807, 2.05) is 0 Å². The van der Waals surface area contributed by atoms with Crippen LogP contribution in [0.5, 0.6) is 11.5 Å². The monoisotopic (exact) mass is 209 g/mol. The van der Waals surface area contributed by atoms with Crippen LogP contribution >= 0.6 is 0 Å². The number of carbonyl (C=O) groups excluding carboxylic acids is 2. The maximum Gasteiger partial charge on any atom is 0.249 e. The quantitative estimate of drug-likeness (QED) is 0.737. The van der Waals surface area contributed by atoms with Gasteiger partial charge >= 0.3 is 0 Å². The van der Waals surface area contributed by atoms with E-state index in [9.17, 15) is 9.59 Å². The summed E-state index contributed by atoms with van der Waals surface area (Å²) in [4.78, 5) is 21.9. The summed E-state index contributed by atoms with van der Waals surface area (Å²) in [6.07, 6.45) is 0.515. The van der Waals surface area contributed by atoms with Crippen molar-refractivity contribution in [3.05, 3.63) is 23.3 Å². The molecule has 0 spiro atoms. The van der Waals surface area contributed by atoms with Gasteiger partial charge in [-0.05, 0) is 12.1 Å². The molecule has 0 aliphatic heterocycles. The zero-order chi connectivity index (χ0) is 11.4. The summed E-state index contributed by atoms with van der Waals surface area (Å²) < 4.78 is 9.96. The highest BCUT2D eigenvalue weighted by atomic mass is 16.5. The minimum atomic E-state index is -0.682. The average Bonchev–Trinajstić information content (AvgIpc) is 2.26. The van der Waals surface area contributed by atoms with E-state index in [-0.39, 0.29) is 16.9 Å². The van der Waals surface area contributed by atoms with Gasteiger partial charge in [0.1, 0.15) is 0 Å². The molecule has 0 radical (unpaired) electrons. The van der Waals surface area contributed by atoms with Crippen LogP contribution in [0.2, 0.25) is 0 Å². The summed E-state index contributed by atoms with van der Waals surface area (Å²) in [7, 11) is 2.83. The third-order valence-corrected chi connectivity index (χ3v) is 1.97. The SMILES string of the molecule is COc1ccc(C(N)=O)c(C=O)c1OC. The molecule has 0 heterocycles. The van der Waals surface area contributed by atoms with Crippen molar-refractivity contribution in [3.8, 4) is 11.5 Å². The van der Waals surface area contributed by atoms with E-state index in [4.69, 9.17) is 15.2 Å². The molecule has 15 heavy (non-hydrogen) atoms. The molecule has 0 saturated carbocycles. The molecule has 0 aromatic heterocycles. The minimum absolute atomic E-state index is 0.101. The van der Waals surface area contributed by atoms with Crippen molar-refractivity contribution >= 4 is 12.2 Å². The van der Waals surface area contributed by atoms with Gasteiger partial charge in [-0.3, -0.25) is 9.59 Å². The van der Waals surface area contributed by atoms with Crippen LogP contribution in [0.25, 0.3) is 0 Å². The van der Waals surface area contributed by atoms with Crippen molar-refractivity contribution in [2.45, 2.75) is 0 Å². The fourth-order valence-corrected chi connectivity index (χ4v) is 1.28. The van der Waals surface area contributed by atoms with Crippen molar-refractivity contribution in [3.63, 3.8) is 0 Å². The summed E-state index contributed by atoms with van der Waals surface area (Å²) in [5.41, 5.74) is 5.33. The highest BCUT2D eigenvalue weighted by molar-refractivity contribution is 6.02. The van der Waals surface area contributed by atoms with Gasteiger partial charge < -0.3 is 15.2 Å². The van der Waals surface area contributed by atoms with E-state index in [1.165, 1.54) is 26.4 Å². The molecule has 5 heteroatoms. The van der Waals surface area contributed by atoms with Crippen molar-refractivity contribution in [1.82, 2.24) is 0 Å². The summed E-state index contributed by atoms with van der Waals surface area (Å²) in [6.45, 7) is 0. The molecular formula is C10H11NO4. The number of carbonyl (C=O) groups is 2. The number of rotatable bonds is 4. The number of hydrogen-bond acceptors (Lipinski definition) is 4. The molecule has 0 aliphatic rings. The third kappa shape index (κ3) is 1.90. The Hall–Kier alpha value is -2.04. The zero-order valence-corrected chi connectivity index (χ0v) is 8.44. The average molecular weight is 209 g/mol. The highest BCUT2D eigenvalue weighted by Gasteiger charge is 2.16. The molecule has 0 aliphatic carbocycles. The predicted molar refractivity (Wildman–Crippen MR) is 53.5 cm³/mol. The van der Waals surface area contributed by atoms with E-state index in [2.05, 4.69) is 0 Å². The standard InChI is InChI=1S/C10H11NO4/c1-14-8-4-3-6(10(11)13)7(5-12)9(8)15-2/h3-5H,1-2H3,(H2,11,13). The molecular weight excluding hydrogens is 198 g/mol. The molecule has 0 saturated heterocycles. The second-order valence-corrected chi connectivity index (χ2v) is 2.74. The van der Waals surface area contributed by atoms with Crippen molar-refractivity contribution in [1.29, 1.82) is 0 Å². The first-order chi connectivity index (χ1) is 7.15. The first kappa shape index (κ1) is 11.0. The maximum atomic E-state index is 11.0. The summed E-state index contributed by atoms with van der Waals surface area (Å²) in [6, 6.07) is 2.94. The molecule has 1 amide bonds. The van der Waals surface area contributed by atoms with Crippen molar-refractivity contribution in [2.24, 2.45) is 5.73 Å². The van der Waals surface area contributed by atoms with E-state index >= 15 is 0 Å². The van der Waals surface area contributed by atoms with E-state index in [0.717, 1.165) is 0 Å². The lowest BCUT2D eigenvalue weighted by molar-refractivity contribution is 0.0992. The third-order valence-electron chi connectivity index (χ3n) is 1.97. The number of benzene rings is 1. The molecule has 0 bridgehead atoms. The van der Waals surface area contributed by atoms with Crippen LogP contribution in [-0.2, 0) is 0 Å². The van der Waals surface area contributed by atoms with Gasteiger partial charge in [-0.25, -0.2) is 0 Å². The summed E-state index contributed by atoms with van der Waals surface area (Å²) in [5, 5.41) is 0. The Morgan fingerprint density at radius 2 is 2.00 bits per heavy atom. The fraction of sp³-hybridized carbons (Fsp3) is 0.200. The Bertz CT molecular complexity index is 401. The first-order valence-electron chi connectivity index (χ1n) is 4.15. The molecule has 5 nitrogen and oxygen atoms in total. The van der Waals surface area contributed by atoms with Crippen LogP contribution in [0.4, 0.5) is 0 Å². The molecule has 0 unspecified atom stereocenters. The van der Waals surface area contributed by atoms with Crippen LogP contribution < -0.4 is 15.2 Å². The van der Waals surface area contributed by atoms with Gasteiger partial charge in [0.25, 0.3) is 0 Å². The van der Waals surface area contributed by atoms with Gasteiger partial charge in [0.2, 0.25) is 5.91 Å². The van der Waals surface area contributed by atoms with Gasteiger partial charge in [0, 0.05) is 0 Å². The highest BCUT2D eigenvalue weighted by Crippen LogP contribution is 2.31. The summed E-state index contributed by atoms with van der Waals surface area (Å²) in [5.74, 6) is -0.0912. The lowest BCUT2D eigenvalue weighted by atomic mass is 10.1. The lowest BCUT2D eigenvalue weighted by Crippen LogP contribution is -2.14. The van der Waals surface area contributed by atoms with Crippen molar-refractivity contribution in [2.75, 3.05) is 14.2 Å². The Morgan fingerprint density at radius 3 is 2.40 bits per heavy atom. The Labute approximate surface area is 86.8 Å². The van der Waals surface area contributed by atoms with E-state index in [1.54, 1.807) is 0 Å². The normalized spacial score (nSPS) is 9.47. The number of amides is 1. The molecule has 0 atom stereocenters. The number of aldehydes is 1. The Kier molecular flexibility index (Phi) is 3.28. The number of nitrogens with two attached hydrogens (primary N) is 1. The van der Waals surface area contributed by atoms with Gasteiger partial charge in [-0.2, -0.15) is 0 Å². The van der Waals surface area contributed by atoms with Gasteiger partial charge in [-0.1, -0.05) is 0 Å². The smallest absolute Gasteiger partial charge is 0.249 e. The van der Waals surface area contributed by atoms with Crippen LogP contribution in [-0.4, -0.2) is 26.4 Å². The van der Waals surface area contributed by atoms with Gasteiger partial charge in [0.05, 0.1) is 25.3 Å². The number of primary amides is 1. The molecule has 80 valence electrons. The molecule has 1 aromatic carbocycles. The molecule has 0 fully saturated rings. The molecule has 2 N–H and O–H groups in total. The second kappa shape index (κ2) is 4.45. The zero-order valence-electron chi connectivity index (χ0n) is 8.44. The van der Waals surface area contributed by atoms with E-state index in [0.29, 0.717) is 12.0 Å². The van der Waals surface area contributed by atoms with Crippen LogP contribution in [0.3, 0.4) is 0 Å². The number of hydrogen-bond donors (Lipinski definition) is 1. The van der Waals surface area contributed by atoms with Crippen molar-refractivity contribution < 1.29 is 19.1 Å². The lowest BCUT2D eigenvalue weighted by Gasteiger charge is -2.11. The van der Waals surface area contributed by atoms with Gasteiger partial charge in [0.15, 0.2) is 17.8 Å². The van der Waals surface area contributed by atoms with Crippen LogP contribution in [0.1, 0.15) is 20.7 Å². The van der Waals surface area contributed by atoms with Crippen LogP contribution in [0.15, 0.2) is 12.1 Å². The number of methoxy groups -OCH3 is 2. The minimum Gasteiger partial charge on any atom is -0.493 e. The maximum absolute atomic E-state index is 11.0. The Morgan fingerprint density at radius 1 is 1.33 bits per heavy atom. The number of ether oxygens (including phenoxy) is 2. The predicted octanol–water partition coefficient (Wildman–Crippen LogP) is 0.615. The summed E-state index contributed by atoms with van der Waals surface area (Å²) >= 11 is 0. The van der Waals surface area contributed by atoms with Gasteiger partial charge in [-0.15, -0.1) is 0 Å². The fourth-order valence-electron chi connectivity index (χ4n) is 1.28. The topological polar surface area (TPSA) is 78.6 Å². The van der Waals surface area contributed by atoms with Crippen LogP contribution in [0, 0.1) is 0 Å². The second-order valence-electron chi connectivity index (χ2n) is 2.74. The largest absolute Gasteiger partial charge is 0.493 e. The Balaban J connectivity index is 3.47. The van der Waals surface area contributed by atoms with E-state index < -0.39 is 5.91 Å². The molecule has 1 rings (SSSR count). The molecule has 1 aromatic rings.